The first-order valence-corrected chi connectivity index (χ1v) is 10.9. The van der Waals surface area contributed by atoms with Gasteiger partial charge >= 0.3 is 0 Å². The number of carbonyl (C=O) groups is 1. The number of amides is 1. The molecule has 0 bridgehead atoms. The van der Waals surface area contributed by atoms with E-state index >= 15 is 0 Å². The summed E-state index contributed by atoms with van der Waals surface area (Å²) in [4.78, 5) is 22.6. The number of methoxy groups -OCH3 is 1. The predicted octanol–water partition coefficient (Wildman–Crippen LogP) is 4.91. The van der Waals surface area contributed by atoms with Crippen LogP contribution in [0.5, 0.6) is 11.5 Å². The maximum Gasteiger partial charge on any atom is 0.245 e. The number of ether oxygens (including phenoxy) is 1. The Labute approximate surface area is 195 Å². The SMILES string of the molecule is C=CC(=O)N1CCC(Nc2ncc3cc(-c4c(Cl)c(O)cc(OC)c4Cl)ccc3n2)CC1. The average molecular weight is 473 g/mol. The zero-order valence-electron chi connectivity index (χ0n) is 17.4. The fourth-order valence-electron chi connectivity index (χ4n) is 3.81. The van der Waals surface area contributed by atoms with Crippen molar-refractivity contribution in [2.24, 2.45) is 0 Å². The van der Waals surface area contributed by atoms with Gasteiger partial charge in [-0.2, -0.15) is 0 Å². The topological polar surface area (TPSA) is 87.6 Å². The van der Waals surface area contributed by atoms with E-state index in [1.165, 1.54) is 19.3 Å². The minimum absolute atomic E-state index is 0.0363. The molecular weight excluding hydrogens is 451 g/mol. The van der Waals surface area contributed by atoms with E-state index in [1.54, 1.807) is 11.1 Å². The Kier molecular flexibility index (Phi) is 6.39. The summed E-state index contributed by atoms with van der Waals surface area (Å²) in [6.07, 6.45) is 4.71. The van der Waals surface area contributed by atoms with E-state index in [2.05, 4.69) is 21.9 Å². The van der Waals surface area contributed by atoms with Gasteiger partial charge in [0.1, 0.15) is 11.5 Å². The molecule has 2 aromatic carbocycles. The summed E-state index contributed by atoms with van der Waals surface area (Å²) < 4.78 is 5.23. The summed E-state index contributed by atoms with van der Waals surface area (Å²) in [5.74, 6) is 0.722. The number of fused-ring (bicyclic) bond motifs is 1. The van der Waals surface area contributed by atoms with Crippen molar-refractivity contribution in [3.63, 3.8) is 0 Å². The van der Waals surface area contributed by atoms with Crippen LogP contribution in [0.1, 0.15) is 12.8 Å². The molecule has 0 atom stereocenters. The third-order valence-corrected chi connectivity index (χ3v) is 6.31. The average Bonchev–Trinajstić information content (AvgIpc) is 2.81. The molecular formula is C23H22Cl2N4O3. The van der Waals surface area contributed by atoms with Gasteiger partial charge < -0.3 is 20.1 Å². The number of aromatic nitrogens is 2. The molecule has 4 rings (SSSR count). The van der Waals surface area contributed by atoms with Crippen molar-refractivity contribution in [3.05, 3.63) is 53.2 Å². The van der Waals surface area contributed by atoms with Gasteiger partial charge in [0.2, 0.25) is 11.9 Å². The first-order chi connectivity index (χ1) is 15.4. The lowest BCUT2D eigenvalue weighted by atomic mass is 10.0. The van der Waals surface area contributed by atoms with Gasteiger partial charge in [0, 0.05) is 42.3 Å². The van der Waals surface area contributed by atoms with Gasteiger partial charge in [-0.05, 0) is 36.6 Å². The molecule has 2 heterocycles. The number of likely N-dealkylation sites (tertiary alicyclic amines) is 1. The van der Waals surface area contributed by atoms with E-state index in [1.807, 2.05) is 18.2 Å². The van der Waals surface area contributed by atoms with E-state index in [0.717, 1.165) is 23.7 Å². The van der Waals surface area contributed by atoms with Crippen molar-refractivity contribution in [1.29, 1.82) is 0 Å². The standard InChI is InChI=1S/C23H22Cl2N4O3/c1-3-19(31)29-8-6-15(7-9-29)27-23-26-12-14-10-13(4-5-16(14)28-23)20-21(24)17(30)11-18(32-2)22(20)25/h3-5,10-12,15,30H,1,6-9H2,2H3,(H,26,27,28). The molecule has 1 fully saturated rings. The zero-order valence-corrected chi connectivity index (χ0v) is 19.0. The Morgan fingerprint density at radius 1 is 1.28 bits per heavy atom. The summed E-state index contributed by atoms with van der Waals surface area (Å²) in [6, 6.07) is 7.13. The van der Waals surface area contributed by atoms with Gasteiger partial charge in [0.25, 0.3) is 0 Å². The lowest BCUT2D eigenvalue weighted by Crippen LogP contribution is -2.41. The Morgan fingerprint density at radius 3 is 2.72 bits per heavy atom. The van der Waals surface area contributed by atoms with Gasteiger partial charge in [-0.1, -0.05) is 35.8 Å². The number of nitrogens with zero attached hydrogens (tertiary/aromatic N) is 3. The van der Waals surface area contributed by atoms with Crippen molar-refractivity contribution in [2.45, 2.75) is 18.9 Å². The minimum atomic E-state index is -0.111. The number of rotatable bonds is 5. The molecule has 166 valence electrons. The van der Waals surface area contributed by atoms with Crippen LogP contribution >= 0.6 is 23.2 Å². The van der Waals surface area contributed by atoms with Gasteiger partial charge in [0.15, 0.2) is 0 Å². The molecule has 32 heavy (non-hydrogen) atoms. The van der Waals surface area contributed by atoms with Crippen LogP contribution in [0.2, 0.25) is 10.0 Å². The van der Waals surface area contributed by atoms with E-state index in [4.69, 9.17) is 27.9 Å². The fraction of sp³-hybridized carbons (Fsp3) is 0.261. The van der Waals surface area contributed by atoms with Crippen LogP contribution in [0.3, 0.4) is 0 Å². The van der Waals surface area contributed by atoms with E-state index < -0.39 is 0 Å². The van der Waals surface area contributed by atoms with Gasteiger partial charge in [-0.15, -0.1) is 0 Å². The molecule has 1 saturated heterocycles. The molecule has 1 amide bonds. The van der Waals surface area contributed by atoms with Crippen molar-refractivity contribution in [3.8, 4) is 22.6 Å². The van der Waals surface area contributed by atoms with Gasteiger partial charge in [-0.3, -0.25) is 4.79 Å². The quantitative estimate of drug-likeness (QED) is 0.513. The number of halogens is 2. The molecule has 1 aliphatic heterocycles. The number of phenolic OH excluding ortho intramolecular Hbond substituents is 1. The molecule has 1 aliphatic rings. The number of hydrogen-bond donors (Lipinski definition) is 2. The second-order valence-corrected chi connectivity index (χ2v) is 8.27. The fourth-order valence-corrected chi connectivity index (χ4v) is 4.46. The smallest absolute Gasteiger partial charge is 0.245 e. The lowest BCUT2D eigenvalue weighted by molar-refractivity contribution is -0.126. The number of phenols is 1. The maximum atomic E-state index is 11.7. The van der Waals surface area contributed by atoms with Crippen LogP contribution in [0.4, 0.5) is 5.95 Å². The number of nitrogens with one attached hydrogen (secondary N) is 1. The van der Waals surface area contributed by atoms with Crippen LogP contribution in [-0.4, -0.2) is 52.1 Å². The van der Waals surface area contributed by atoms with E-state index in [0.29, 0.717) is 40.9 Å². The second kappa shape index (κ2) is 9.22. The maximum absolute atomic E-state index is 11.7. The molecule has 1 aromatic heterocycles. The highest BCUT2D eigenvalue weighted by atomic mass is 35.5. The molecule has 0 radical (unpaired) electrons. The number of aromatic hydroxyl groups is 1. The van der Waals surface area contributed by atoms with Gasteiger partial charge in [-0.25, -0.2) is 9.97 Å². The third kappa shape index (κ3) is 4.31. The molecule has 9 heteroatoms. The molecule has 3 aromatic rings. The minimum Gasteiger partial charge on any atom is -0.506 e. The first kappa shape index (κ1) is 22.2. The van der Waals surface area contributed by atoms with Crippen molar-refractivity contribution >= 4 is 46.0 Å². The number of carbonyl (C=O) groups excluding carboxylic acids is 1. The van der Waals surface area contributed by atoms with Crippen LogP contribution < -0.4 is 10.1 Å². The number of hydrogen-bond acceptors (Lipinski definition) is 6. The normalized spacial score (nSPS) is 14.4. The van der Waals surface area contributed by atoms with Crippen molar-refractivity contribution < 1.29 is 14.6 Å². The summed E-state index contributed by atoms with van der Waals surface area (Å²) in [7, 11) is 1.47. The highest BCUT2D eigenvalue weighted by Crippen LogP contribution is 2.45. The lowest BCUT2D eigenvalue weighted by Gasteiger charge is -2.31. The third-order valence-electron chi connectivity index (χ3n) is 5.55. The van der Waals surface area contributed by atoms with E-state index in [9.17, 15) is 9.90 Å². The Bertz CT molecular complexity index is 1190. The van der Waals surface area contributed by atoms with Crippen LogP contribution in [0.25, 0.3) is 22.0 Å². The highest BCUT2D eigenvalue weighted by Gasteiger charge is 2.22. The highest BCUT2D eigenvalue weighted by molar-refractivity contribution is 6.41. The number of piperidine rings is 1. The van der Waals surface area contributed by atoms with Crippen LogP contribution in [0, 0.1) is 0 Å². The molecule has 0 aliphatic carbocycles. The van der Waals surface area contributed by atoms with Crippen LogP contribution in [0.15, 0.2) is 43.1 Å². The molecule has 0 unspecified atom stereocenters. The van der Waals surface area contributed by atoms with Crippen molar-refractivity contribution in [2.75, 3.05) is 25.5 Å². The van der Waals surface area contributed by atoms with Crippen LogP contribution in [-0.2, 0) is 4.79 Å². The number of benzene rings is 2. The summed E-state index contributed by atoms with van der Waals surface area (Å²) in [5, 5.41) is 14.8. The van der Waals surface area contributed by atoms with Crippen molar-refractivity contribution in [1.82, 2.24) is 14.9 Å². The van der Waals surface area contributed by atoms with Gasteiger partial charge in [0.05, 0.1) is 22.7 Å². The predicted molar refractivity (Wildman–Crippen MR) is 127 cm³/mol. The Hall–Kier alpha value is -3.03. The monoisotopic (exact) mass is 472 g/mol. The second-order valence-electron chi connectivity index (χ2n) is 7.52. The molecule has 0 saturated carbocycles. The summed E-state index contributed by atoms with van der Waals surface area (Å²) >= 11 is 12.8. The molecule has 0 spiro atoms. The molecule has 2 N–H and O–H groups in total. The molecule has 7 nitrogen and oxygen atoms in total. The number of anilines is 1. The zero-order chi connectivity index (χ0) is 22.8. The Morgan fingerprint density at radius 2 is 2.03 bits per heavy atom. The largest absolute Gasteiger partial charge is 0.506 e. The summed E-state index contributed by atoms with van der Waals surface area (Å²) in [6.45, 7) is 4.89. The summed E-state index contributed by atoms with van der Waals surface area (Å²) in [5.41, 5.74) is 1.95. The van der Waals surface area contributed by atoms with E-state index in [-0.39, 0.29) is 22.7 Å². The Balaban J connectivity index is 1.56. The first-order valence-electron chi connectivity index (χ1n) is 10.1.